The predicted octanol–water partition coefficient (Wildman–Crippen LogP) is 5.91. The highest BCUT2D eigenvalue weighted by Gasteiger charge is 2.29. The molecule has 0 saturated heterocycles. The van der Waals surface area contributed by atoms with Gasteiger partial charge in [-0.1, -0.05) is 79.7 Å². The first-order valence-corrected chi connectivity index (χ1v) is 12.8. The number of amides is 1. The molecule has 1 aromatic heterocycles. The molecule has 0 radical (unpaired) electrons. The molecule has 5 rings (SSSR count). The molecular formula is C29H26N2O4S. The minimum atomic E-state index is -1.11. The molecule has 0 bridgehead atoms. The van der Waals surface area contributed by atoms with Crippen molar-refractivity contribution < 1.29 is 19.4 Å². The normalized spacial score (nSPS) is 13.0. The lowest BCUT2D eigenvalue weighted by molar-refractivity contribution is -0.139. The molecule has 1 amide bonds. The molecule has 7 heteroatoms. The lowest BCUT2D eigenvalue weighted by atomic mass is 9.98. The average Bonchev–Trinajstić information content (AvgIpc) is 3.50. The zero-order valence-electron chi connectivity index (χ0n) is 19.8. The van der Waals surface area contributed by atoms with E-state index in [0.717, 1.165) is 50.5 Å². The highest BCUT2D eigenvalue weighted by Crippen LogP contribution is 2.44. The number of benzene rings is 3. The van der Waals surface area contributed by atoms with E-state index in [-0.39, 0.29) is 18.9 Å². The number of thiazole rings is 1. The number of alkyl carbamates (subject to hydrolysis) is 1. The fourth-order valence-electron chi connectivity index (χ4n) is 4.64. The standard InChI is InChI=1S/C29H26N2O4S/c1-2-27-30-26(17-36-27)19-13-11-18(12-14-19)15-25(28(32)33)31-29(34)35-16-24-22-9-5-3-7-20(22)21-8-4-6-10-23(21)24/h3-14,17,24-25H,2,15-16H2,1H3,(H,31,34)(H,32,33)/t25-/m0/s1. The van der Waals surface area contributed by atoms with Gasteiger partial charge in [0, 0.05) is 23.3 Å². The maximum atomic E-state index is 12.6. The number of aryl methyl sites for hydroxylation is 1. The molecule has 1 heterocycles. The predicted molar refractivity (Wildman–Crippen MR) is 140 cm³/mol. The number of nitrogens with one attached hydrogen (secondary N) is 1. The maximum absolute atomic E-state index is 12.6. The van der Waals surface area contributed by atoms with Crippen molar-refractivity contribution in [1.29, 1.82) is 0 Å². The number of ether oxygens (including phenoxy) is 1. The van der Waals surface area contributed by atoms with Gasteiger partial charge in [-0.25, -0.2) is 14.6 Å². The van der Waals surface area contributed by atoms with Crippen molar-refractivity contribution in [2.45, 2.75) is 31.7 Å². The summed E-state index contributed by atoms with van der Waals surface area (Å²) in [4.78, 5) is 29.1. The van der Waals surface area contributed by atoms with Crippen LogP contribution in [0.15, 0.2) is 78.2 Å². The van der Waals surface area contributed by atoms with Gasteiger partial charge in [0.1, 0.15) is 12.6 Å². The quantitative estimate of drug-likeness (QED) is 0.315. The second-order valence-corrected chi connectivity index (χ2v) is 9.68. The molecule has 0 spiro atoms. The SMILES string of the molecule is CCc1nc(-c2ccc(C[C@H](NC(=O)OCC3c4ccccc4-c4ccccc43)C(=O)O)cc2)cs1. The first-order chi connectivity index (χ1) is 17.5. The molecule has 3 aromatic carbocycles. The minimum Gasteiger partial charge on any atom is -0.480 e. The van der Waals surface area contributed by atoms with E-state index >= 15 is 0 Å². The molecular weight excluding hydrogens is 472 g/mol. The van der Waals surface area contributed by atoms with Gasteiger partial charge >= 0.3 is 12.1 Å². The number of aromatic nitrogens is 1. The van der Waals surface area contributed by atoms with E-state index in [0.29, 0.717) is 0 Å². The van der Waals surface area contributed by atoms with Crippen LogP contribution in [0.3, 0.4) is 0 Å². The number of carboxylic acids is 1. The van der Waals surface area contributed by atoms with Crippen LogP contribution in [-0.4, -0.2) is 34.8 Å². The Morgan fingerprint density at radius 2 is 1.64 bits per heavy atom. The number of hydrogen-bond donors (Lipinski definition) is 2. The second-order valence-electron chi connectivity index (χ2n) is 8.74. The molecule has 1 aliphatic rings. The summed E-state index contributed by atoms with van der Waals surface area (Å²) >= 11 is 1.63. The largest absolute Gasteiger partial charge is 0.480 e. The van der Waals surface area contributed by atoms with Gasteiger partial charge in [-0.2, -0.15) is 0 Å². The molecule has 4 aromatic rings. The average molecular weight is 499 g/mol. The van der Waals surface area contributed by atoms with Crippen LogP contribution in [0.1, 0.15) is 34.5 Å². The molecule has 182 valence electrons. The summed E-state index contributed by atoms with van der Waals surface area (Å²) in [6.07, 6.45) is 0.303. The van der Waals surface area contributed by atoms with Crippen molar-refractivity contribution in [3.63, 3.8) is 0 Å². The zero-order chi connectivity index (χ0) is 25.1. The zero-order valence-corrected chi connectivity index (χ0v) is 20.6. The number of carbonyl (C=O) groups excluding carboxylic acids is 1. The van der Waals surface area contributed by atoms with E-state index in [4.69, 9.17) is 4.74 Å². The van der Waals surface area contributed by atoms with Crippen LogP contribution in [0.4, 0.5) is 4.79 Å². The Kier molecular flexibility index (Phi) is 6.82. The van der Waals surface area contributed by atoms with Crippen molar-refractivity contribution >= 4 is 23.4 Å². The molecule has 0 aliphatic heterocycles. The number of fused-ring (bicyclic) bond motifs is 3. The third kappa shape index (κ3) is 4.88. The molecule has 6 nitrogen and oxygen atoms in total. The summed E-state index contributed by atoms with van der Waals surface area (Å²) in [6, 6.07) is 22.6. The van der Waals surface area contributed by atoms with Crippen molar-refractivity contribution in [2.24, 2.45) is 0 Å². The minimum absolute atomic E-state index is 0.0853. The van der Waals surface area contributed by atoms with Gasteiger partial charge < -0.3 is 15.2 Å². The Hall–Kier alpha value is -3.97. The first kappa shape index (κ1) is 23.8. The third-order valence-electron chi connectivity index (χ3n) is 6.48. The molecule has 0 unspecified atom stereocenters. The fourth-order valence-corrected chi connectivity index (χ4v) is 5.39. The van der Waals surface area contributed by atoms with E-state index < -0.39 is 18.1 Å². The smallest absolute Gasteiger partial charge is 0.407 e. The molecule has 2 N–H and O–H groups in total. The van der Waals surface area contributed by atoms with Gasteiger partial charge in [0.05, 0.1) is 10.7 Å². The summed E-state index contributed by atoms with van der Waals surface area (Å²) in [5.41, 5.74) is 7.17. The van der Waals surface area contributed by atoms with Crippen LogP contribution < -0.4 is 5.32 Å². The van der Waals surface area contributed by atoms with Crippen LogP contribution in [0.5, 0.6) is 0 Å². The summed E-state index contributed by atoms with van der Waals surface area (Å²) in [5, 5.41) is 15.3. The summed E-state index contributed by atoms with van der Waals surface area (Å²) < 4.78 is 5.53. The first-order valence-electron chi connectivity index (χ1n) is 11.9. The molecule has 0 saturated carbocycles. The van der Waals surface area contributed by atoms with Gasteiger partial charge in [0.25, 0.3) is 0 Å². The van der Waals surface area contributed by atoms with Crippen LogP contribution in [0.2, 0.25) is 0 Å². The number of nitrogens with zero attached hydrogens (tertiary/aromatic N) is 1. The number of rotatable bonds is 8. The molecule has 1 atom stereocenters. The second kappa shape index (κ2) is 10.3. The van der Waals surface area contributed by atoms with E-state index in [1.807, 2.05) is 66.0 Å². The fraction of sp³-hybridized carbons (Fsp3) is 0.207. The molecule has 1 aliphatic carbocycles. The van der Waals surface area contributed by atoms with Gasteiger partial charge in [-0.05, 0) is 34.2 Å². The van der Waals surface area contributed by atoms with E-state index in [1.165, 1.54) is 0 Å². The highest BCUT2D eigenvalue weighted by molar-refractivity contribution is 7.09. The van der Waals surface area contributed by atoms with E-state index in [9.17, 15) is 14.7 Å². The third-order valence-corrected chi connectivity index (χ3v) is 7.47. The molecule has 0 fully saturated rings. The van der Waals surface area contributed by atoms with Gasteiger partial charge in [-0.15, -0.1) is 11.3 Å². The Morgan fingerprint density at radius 3 is 2.22 bits per heavy atom. The van der Waals surface area contributed by atoms with Gasteiger partial charge in [0.2, 0.25) is 0 Å². The van der Waals surface area contributed by atoms with Crippen molar-refractivity contribution in [1.82, 2.24) is 10.3 Å². The number of carbonyl (C=O) groups is 2. The lowest BCUT2D eigenvalue weighted by Crippen LogP contribution is -2.42. The lowest BCUT2D eigenvalue weighted by Gasteiger charge is -2.17. The van der Waals surface area contributed by atoms with Crippen LogP contribution >= 0.6 is 11.3 Å². The Morgan fingerprint density at radius 1 is 1.00 bits per heavy atom. The van der Waals surface area contributed by atoms with Gasteiger partial charge in [0.15, 0.2) is 0 Å². The maximum Gasteiger partial charge on any atom is 0.407 e. The van der Waals surface area contributed by atoms with Crippen molar-refractivity contribution in [3.05, 3.63) is 99.9 Å². The van der Waals surface area contributed by atoms with Crippen molar-refractivity contribution in [3.8, 4) is 22.4 Å². The van der Waals surface area contributed by atoms with Crippen molar-refractivity contribution in [2.75, 3.05) is 6.61 Å². The Labute approximate surface area is 213 Å². The number of carboxylic acid groups (broad SMARTS) is 1. The van der Waals surface area contributed by atoms with Crippen LogP contribution in [-0.2, 0) is 22.4 Å². The monoisotopic (exact) mass is 498 g/mol. The summed E-state index contributed by atoms with van der Waals surface area (Å²) in [7, 11) is 0. The number of aliphatic carboxylic acids is 1. The molecule has 36 heavy (non-hydrogen) atoms. The van der Waals surface area contributed by atoms with E-state index in [2.05, 4.69) is 29.4 Å². The summed E-state index contributed by atoms with van der Waals surface area (Å²) in [6.45, 7) is 2.20. The Bertz CT molecular complexity index is 1350. The van der Waals surface area contributed by atoms with Crippen LogP contribution in [0, 0.1) is 0 Å². The van der Waals surface area contributed by atoms with E-state index in [1.54, 1.807) is 11.3 Å². The van der Waals surface area contributed by atoms with Gasteiger partial charge in [-0.3, -0.25) is 0 Å². The summed E-state index contributed by atoms with van der Waals surface area (Å²) in [5.74, 6) is -1.20. The van der Waals surface area contributed by atoms with Crippen LogP contribution in [0.25, 0.3) is 22.4 Å². The highest BCUT2D eigenvalue weighted by atomic mass is 32.1. The topological polar surface area (TPSA) is 88.5 Å². The Balaban J connectivity index is 1.22. The number of hydrogen-bond acceptors (Lipinski definition) is 5.